The highest BCUT2D eigenvalue weighted by Crippen LogP contribution is 2.62. The fourth-order valence-corrected chi connectivity index (χ4v) is 5.75. The number of hydrogen-bond acceptors (Lipinski definition) is 6. The first-order valence-corrected chi connectivity index (χ1v) is 10.5. The molecule has 0 spiro atoms. The van der Waals surface area contributed by atoms with Gasteiger partial charge in [-0.2, -0.15) is 0 Å². The first-order valence-electron chi connectivity index (χ1n) is 10.5. The zero-order valence-corrected chi connectivity index (χ0v) is 17.6. The summed E-state index contributed by atoms with van der Waals surface area (Å²) in [5.41, 5.74) is -1.91. The van der Waals surface area contributed by atoms with Crippen molar-refractivity contribution in [1.29, 1.82) is 0 Å². The Morgan fingerprint density at radius 3 is 2.41 bits per heavy atom. The topological polar surface area (TPSA) is 71.1 Å². The minimum Gasteiger partial charge on any atom is -0.429 e. The lowest BCUT2D eigenvalue weighted by Crippen LogP contribution is -2.65. The third kappa shape index (κ3) is 4.07. The second-order valence-electron chi connectivity index (χ2n) is 10.0. The third-order valence-corrected chi connectivity index (χ3v) is 6.64. The number of rotatable bonds is 3. The summed E-state index contributed by atoms with van der Waals surface area (Å²) >= 11 is 0. The minimum atomic E-state index is -0.696. The van der Waals surface area contributed by atoms with Crippen molar-refractivity contribution < 1.29 is 28.5 Å². The van der Waals surface area contributed by atoms with Crippen molar-refractivity contribution in [2.75, 3.05) is 0 Å². The van der Waals surface area contributed by atoms with Gasteiger partial charge in [-0.1, -0.05) is 25.1 Å². The Bertz CT molecular complexity index is 784. The van der Waals surface area contributed by atoms with Crippen LogP contribution in [0, 0.1) is 17.8 Å². The average Bonchev–Trinajstić information content (AvgIpc) is 2.57. The molecule has 1 aromatic carbocycles. The van der Waals surface area contributed by atoms with Crippen LogP contribution >= 0.6 is 0 Å². The van der Waals surface area contributed by atoms with Crippen molar-refractivity contribution in [1.82, 2.24) is 0 Å². The Labute approximate surface area is 171 Å². The van der Waals surface area contributed by atoms with Gasteiger partial charge in [0.2, 0.25) is 0 Å². The molecule has 5 atom stereocenters. The minimum absolute atomic E-state index is 0.202. The van der Waals surface area contributed by atoms with E-state index in [9.17, 15) is 9.59 Å². The van der Waals surface area contributed by atoms with Crippen LogP contribution in [-0.2, 0) is 14.2 Å². The zero-order chi connectivity index (χ0) is 20.9. The first kappa shape index (κ1) is 20.0. The lowest BCUT2D eigenvalue weighted by Gasteiger charge is -2.62. The zero-order valence-electron chi connectivity index (χ0n) is 17.6. The highest BCUT2D eigenvalue weighted by atomic mass is 16.7. The van der Waals surface area contributed by atoms with Crippen molar-refractivity contribution in [2.24, 2.45) is 17.8 Å². The smallest absolute Gasteiger partial charge is 0.429 e. The van der Waals surface area contributed by atoms with Crippen molar-refractivity contribution in [3.05, 3.63) is 30.3 Å². The maximum Gasteiger partial charge on any atom is 0.514 e. The molecule has 0 saturated heterocycles. The molecular formula is C23H30O6. The van der Waals surface area contributed by atoms with E-state index >= 15 is 0 Å². The molecule has 6 nitrogen and oxygen atoms in total. The number of carbonyl (C=O) groups is 2. The summed E-state index contributed by atoms with van der Waals surface area (Å²) in [6.45, 7) is 7.60. The molecule has 4 bridgehead atoms. The van der Waals surface area contributed by atoms with E-state index in [1.54, 1.807) is 24.3 Å². The van der Waals surface area contributed by atoms with Crippen LogP contribution < -0.4 is 4.74 Å². The summed E-state index contributed by atoms with van der Waals surface area (Å²) in [7, 11) is 0. The predicted octanol–water partition coefficient (Wildman–Crippen LogP) is 5.49. The van der Waals surface area contributed by atoms with E-state index in [-0.39, 0.29) is 5.92 Å². The highest BCUT2D eigenvalue weighted by Gasteiger charge is 2.65. The Balaban J connectivity index is 1.50. The predicted molar refractivity (Wildman–Crippen MR) is 106 cm³/mol. The molecule has 4 aliphatic carbocycles. The fourth-order valence-electron chi connectivity index (χ4n) is 5.75. The lowest BCUT2D eigenvalue weighted by atomic mass is 9.48. The van der Waals surface area contributed by atoms with Gasteiger partial charge in [0.25, 0.3) is 0 Å². The largest absolute Gasteiger partial charge is 0.514 e. The average molecular weight is 402 g/mol. The molecule has 0 amide bonds. The second kappa shape index (κ2) is 6.92. The van der Waals surface area contributed by atoms with Crippen LogP contribution in [0.2, 0.25) is 0 Å². The quantitative estimate of drug-likeness (QED) is 0.492. The standard InChI is InChI=1S/C23H30O6/c1-15-17-10-16-11-22(13-17,28-19(24)26-18-8-6-5-7-9-18)14-23(15,12-16)29-20(25)27-21(2,3)4/h5-9,15-17H,10-14H2,1-4H3. The van der Waals surface area contributed by atoms with Crippen molar-refractivity contribution in [3.8, 4) is 5.75 Å². The monoisotopic (exact) mass is 402 g/mol. The molecule has 4 aliphatic rings. The van der Waals surface area contributed by atoms with Crippen molar-refractivity contribution in [3.63, 3.8) is 0 Å². The maximum atomic E-state index is 12.5. The molecule has 158 valence electrons. The van der Waals surface area contributed by atoms with Gasteiger partial charge < -0.3 is 18.9 Å². The molecular weight excluding hydrogens is 372 g/mol. The van der Waals surface area contributed by atoms with Crippen LogP contribution in [-0.4, -0.2) is 29.1 Å². The second-order valence-corrected chi connectivity index (χ2v) is 10.0. The van der Waals surface area contributed by atoms with E-state index in [4.69, 9.17) is 18.9 Å². The SMILES string of the molecule is CC1C2CC3CC(OC(=O)Oc4ccccc4)(C2)CC1(OC(=O)OC(C)(C)C)C3. The van der Waals surface area contributed by atoms with Crippen LogP contribution in [0.1, 0.15) is 59.8 Å². The molecule has 0 aromatic heterocycles. The maximum absolute atomic E-state index is 12.5. The molecule has 0 radical (unpaired) electrons. The van der Waals surface area contributed by atoms with Gasteiger partial charge in [-0.25, -0.2) is 9.59 Å². The van der Waals surface area contributed by atoms with Gasteiger partial charge in [-0.15, -0.1) is 0 Å². The van der Waals surface area contributed by atoms with Gasteiger partial charge in [0, 0.05) is 6.42 Å². The van der Waals surface area contributed by atoms with E-state index in [0.29, 0.717) is 24.0 Å². The number of benzene rings is 1. The molecule has 29 heavy (non-hydrogen) atoms. The van der Waals surface area contributed by atoms with E-state index in [1.807, 2.05) is 26.8 Å². The highest BCUT2D eigenvalue weighted by molar-refractivity contribution is 5.65. The molecule has 0 heterocycles. The summed E-state index contributed by atoms with van der Waals surface area (Å²) in [5.74, 6) is 1.37. The van der Waals surface area contributed by atoms with Gasteiger partial charge in [0.1, 0.15) is 22.6 Å². The van der Waals surface area contributed by atoms with Gasteiger partial charge in [-0.05, 0) is 76.3 Å². The van der Waals surface area contributed by atoms with Crippen LogP contribution in [0.4, 0.5) is 9.59 Å². The van der Waals surface area contributed by atoms with E-state index in [1.165, 1.54) is 0 Å². The molecule has 4 saturated carbocycles. The van der Waals surface area contributed by atoms with Crippen molar-refractivity contribution in [2.45, 2.75) is 76.6 Å². The summed E-state index contributed by atoms with van der Waals surface area (Å²) in [6.07, 6.45) is 2.61. The van der Waals surface area contributed by atoms with Crippen LogP contribution in [0.25, 0.3) is 0 Å². The van der Waals surface area contributed by atoms with Gasteiger partial charge in [0.15, 0.2) is 0 Å². The van der Waals surface area contributed by atoms with Crippen LogP contribution in [0.15, 0.2) is 30.3 Å². The summed E-state index contributed by atoms with van der Waals surface area (Å²) in [5, 5.41) is 0. The molecule has 4 fully saturated rings. The third-order valence-electron chi connectivity index (χ3n) is 6.64. The van der Waals surface area contributed by atoms with Gasteiger partial charge >= 0.3 is 12.3 Å². The van der Waals surface area contributed by atoms with Gasteiger partial charge in [0.05, 0.1) is 0 Å². The molecule has 5 rings (SSSR count). The van der Waals surface area contributed by atoms with Gasteiger partial charge in [-0.3, -0.25) is 0 Å². The Morgan fingerprint density at radius 1 is 1.00 bits per heavy atom. The molecule has 6 heteroatoms. The number of carbonyl (C=O) groups excluding carboxylic acids is 2. The molecule has 5 unspecified atom stereocenters. The molecule has 1 aromatic rings. The van der Waals surface area contributed by atoms with E-state index < -0.39 is 29.1 Å². The molecule has 0 N–H and O–H groups in total. The van der Waals surface area contributed by atoms with E-state index in [0.717, 1.165) is 25.7 Å². The summed E-state index contributed by atoms with van der Waals surface area (Å²) in [6, 6.07) is 8.90. The summed E-state index contributed by atoms with van der Waals surface area (Å²) < 4.78 is 22.7. The first-order chi connectivity index (χ1) is 13.6. The summed E-state index contributed by atoms with van der Waals surface area (Å²) in [4.78, 5) is 25.0. The number of ether oxygens (including phenoxy) is 4. The van der Waals surface area contributed by atoms with Crippen LogP contribution in [0.3, 0.4) is 0 Å². The Morgan fingerprint density at radius 2 is 1.72 bits per heavy atom. The number of hydrogen-bond donors (Lipinski definition) is 0. The Hall–Kier alpha value is -2.24. The van der Waals surface area contributed by atoms with Crippen molar-refractivity contribution >= 4 is 12.3 Å². The fraction of sp³-hybridized carbons (Fsp3) is 0.652. The normalized spacial score (nSPS) is 35.1. The van der Waals surface area contributed by atoms with Crippen LogP contribution in [0.5, 0.6) is 5.75 Å². The Kier molecular flexibility index (Phi) is 4.79. The molecule has 0 aliphatic heterocycles. The lowest BCUT2D eigenvalue weighted by molar-refractivity contribution is -0.236. The number of para-hydroxylation sites is 1. The van der Waals surface area contributed by atoms with E-state index in [2.05, 4.69) is 6.92 Å².